The molecule has 2 heterocycles. The molecule has 6 nitrogen and oxygen atoms in total. The molecule has 0 spiro atoms. The summed E-state index contributed by atoms with van der Waals surface area (Å²) in [4.78, 5) is 31.6. The fourth-order valence-corrected chi connectivity index (χ4v) is 2.88. The van der Waals surface area contributed by atoms with Gasteiger partial charge in [-0.2, -0.15) is 0 Å². The van der Waals surface area contributed by atoms with Crippen molar-refractivity contribution >= 4 is 21.9 Å². The molecule has 0 saturated heterocycles. The van der Waals surface area contributed by atoms with E-state index in [9.17, 15) is 9.59 Å². The SMILES string of the molecule is Cn1c(=O)n(C)c2cc(-c3nc4ccccc4c(=O)[nH]3)ccc21. The summed E-state index contributed by atoms with van der Waals surface area (Å²) < 4.78 is 3.17. The highest BCUT2D eigenvalue weighted by atomic mass is 16.1. The Morgan fingerprint density at radius 1 is 0.957 bits per heavy atom. The number of hydrogen-bond donors (Lipinski definition) is 1. The molecule has 2 aromatic heterocycles. The van der Waals surface area contributed by atoms with E-state index in [2.05, 4.69) is 9.97 Å². The van der Waals surface area contributed by atoms with Crippen molar-refractivity contribution in [3.8, 4) is 11.4 Å². The Kier molecular flexibility index (Phi) is 2.74. The van der Waals surface area contributed by atoms with Crippen LogP contribution in [0.5, 0.6) is 0 Å². The fourth-order valence-electron chi connectivity index (χ4n) is 2.88. The molecule has 23 heavy (non-hydrogen) atoms. The first-order valence-corrected chi connectivity index (χ1v) is 7.21. The molecule has 4 aromatic rings. The summed E-state index contributed by atoms with van der Waals surface area (Å²) in [5.74, 6) is 0.493. The van der Waals surface area contributed by atoms with Crippen LogP contribution in [0.15, 0.2) is 52.1 Å². The number of H-pyrrole nitrogens is 1. The maximum absolute atomic E-state index is 12.2. The first kappa shape index (κ1) is 13.5. The molecular weight excluding hydrogens is 292 g/mol. The third-order valence-electron chi connectivity index (χ3n) is 4.16. The Morgan fingerprint density at radius 2 is 1.70 bits per heavy atom. The van der Waals surface area contributed by atoms with E-state index in [1.807, 2.05) is 36.4 Å². The molecule has 0 saturated carbocycles. The van der Waals surface area contributed by atoms with Gasteiger partial charge in [-0.1, -0.05) is 12.1 Å². The zero-order chi connectivity index (χ0) is 16.1. The molecule has 4 rings (SSSR count). The summed E-state index contributed by atoms with van der Waals surface area (Å²) in [6, 6.07) is 12.8. The molecule has 0 fully saturated rings. The van der Waals surface area contributed by atoms with Crippen LogP contribution in [-0.4, -0.2) is 19.1 Å². The van der Waals surface area contributed by atoms with Gasteiger partial charge in [0, 0.05) is 19.7 Å². The molecule has 114 valence electrons. The van der Waals surface area contributed by atoms with Crippen molar-refractivity contribution in [3.63, 3.8) is 0 Å². The van der Waals surface area contributed by atoms with E-state index >= 15 is 0 Å². The highest BCUT2D eigenvalue weighted by Gasteiger charge is 2.11. The summed E-state index contributed by atoms with van der Waals surface area (Å²) in [7, 11) is 3.46. The van der Waals surface area contributed by atoms with E-state index in [4.69, 9.17) is 0 Å². The maximum atomic E-state index is 12.2. The van der Waals surface area contributed by atoms with Crippen LogP contribution in [0.2, 0.25) is 0 Å². The lowest BCUT2D eigenvalue weighted by Gasteiger charge is -2.04. The zero-order valence-electron chi connectivity index (χ0n) is 12.7. The summed E-state index contributed by atoms with van der Waals surface area (Å²) in [6.45, 7) is 0. The minimum absolute atomic E-state index is 0.0860. The molecule has 1 N–H and O–H groups in total. The number of rotatable bonds is 1. The normalized spacial score (nSPS) is 11.4. The van der Waals surface area contributed by atoms with Crippen LogP contribution >= 0.6 is 0 Å². The van der Waals surface area contributed by atoms with Crippen molar-refractivity contribution in [1.29, 1.82) is 0 Å². The highest BCUT2D eigenvalue weighted by Crippen LogP contribution is 2.21. The molecule has 0 aliphatic heterocycles. The van der Waals surface area contributed by atoms with Gasteiger partial charge in [0.05, 0.1) is 21.9 Å². The summed E-state index contributed by atoms with van der Waals surface area (Å²) >= 11 is 0. The van der Waals surface area contributed by atoms with Crippen LogP contribution in [0.1, 0.15) is 0 Å². The van der Waals surface area contributed by atoms with Gasteiger partial charge in [-0.15, -0.1) is 0 Å². The highest BCUT2D eigenvalue weighted by molar-refractivity contribution is 5.83. The molecule has 0 aliphatic rings. The summed E-state index contributed by atoms with van der Waals surface area (Å²) in [6.07, 6.45) is 0. The third-order valence-corrected chi connectivity index (χ3v) is 4.16. The minimum atomic E-state index is -0.173. The van der Waals surface area contributed by atoms with Gasteiger partial charge >= 0.3 is 5.69 Å². The van der Waals surface area contributed by atoms with E-state index in [1.165, 1.54) is 0 Å². The van der Waals surface area contributed by atoms with E-state index in [0.29, 0.717) is 16.7 Å². The molecule has 0 amide bonds. The van der Waals surface area contributed by atoms with Crippen molar-refractivity contribution in [3.05, 3.63) is 63.3 Å². The Bertz CT molecular complexity index is 1180. The number of nitrogens with one attached hydrogen (secondary N) is 1. The van der Waals surface area contributed by atoms with Crippen molar-refractivity contribution in [2.45, 2.75) is 0 Å². The van der Waals surface area contributed by atoms with Gasteiger partial charge in [-0.3, -0.25) is 13.9 Å². The lowest BCUT2D eigenvalue weighted by Crippen LogP contribution is -2.19. The van der Waals surface area contributed by atoms with Gasteiger partial charge in [-0.25, -0.2) is 9.78 Å². The molecule has 0 radical (unpaired) electrons. The van der Waals surface area contributed by atoms with Gasteiger partial charge < -0.3 is 4.98 Å². The van der Waals surface area contributed by atoms with Gasteiger partial charge in [0.1, 0.15) is 5.82 Å². The average Bonchev–Trinajstić information content (AvgIpc) is 2.79. The number of nitrogens with zero attached hydrogens (tertiary/aromatic N) is 3. The minimum Gasteiger partial charge on any atom is -0.306 e. The summed E-state index contributed by atoms with van der Waals surface area (Å²) in [5, 5.41) is 0.560. The van der Waals surface area contributed by atoms with E-state index in [0.717, 1.165) is 16.6 Å². The van der Waals surface area contributed by atoms with Crippen LogP contribution in [0.4, 0.5) is 0 Å². The van der Waals surface area contributed by atoms with E-state index in [-0.39, 0.29) is 11.2 Å². The average molecular weight is 306 g/mol. The molecule has 2 aromatic carbocycles. The number of imidazole rings is 1. The number of aromatic nitrogens is 4. The van der Waals surface area contributed by atoms with Crippen molar-refractivity contribution < 1.29 is 0 Å². The molecule has 0 atom stereocenters. The molecule has 0 bridgehead atoms. The smallest absolute Gasteiger partial charge is 0.306 e. The summed E-state index contributed by atoms with van der Waals surface area (Å²) in [5.41, 5.74) is 2.79. The standard InChI is InChI=1S/C17H14N4O2/c1-20-13-8-7-10(9-14(13)21(2)17(20)23)15-18-12-6-4-3-5-11(12)16(22)19-15/h3-9H,1-2H3,(H,18,19,22). The number of fused-ring (bicyclic) bond motifs is 2. The van der Waals surface area contributed by atoms with Crippen LogP contribution in [0.25, 0.3) is 33.3 Å². The fraction of sp³-hybridized carbons (Fsp3) is 0.118. The largest absolute Gasteiger partial charge is 0.328 e. The van der Waals surface area contributed by atoms with Crippen LogP contribution < -0.4 is 11.2 Å². The topological polar surface area (TPSA) is 72.7 Å². The van der Waals surface area contributed by atoms with Crippen LogP contribution in [0.3, 0.4) is 0 Å². The van der Waals surface area contributed by atoms with Crippen LogP contribution in [0, 0.1) is 0 Å². The lowest BCUT2D eigenvalue weighted by molar-refractivity contribution is 0.795. The number of benzene rings is 2. The second kappa shape index (κ2) is 4.67. The lowest BCUT2D eigenvalue weighted by atomic mass is 10.1. The van der Waals surface area contributed by atoms with Crippen molar-refractivity contribution in [2.24, 2.45) is 14.1 Å². The van der Waals surface area contributed by atoms with Gasteiger partial charge in [-0.05, 0) is 30.3 Å². The Balaban J connectivity index is 2.01. The maximum Gasteiger partial charge on any atom is 0.328 e. The monoisotopic (exact) mass is 306 g/mol. The van der Waals surface area contributed by atoms with Crippen LogP contribution in [-0.2, 0) is 14.1 Å². The van der Waals surface area contributed by atoms with Crippen molar-refractivity contribution in [1.82, 2.24) is 19.1 Å². The van der Waals surface area contributed by atoms with E-state index in [1.54, 1.807) is 29.3 Å². The first-order chi connectivity index (χ1) is 11.1. The second-order valence-electron chi connectivity index (χ2n) is 5.54. The third kappa shape index (κ3) is 1.92. The number of para-hydroxylation sites is 1. The van der Waals surface area contributed by atoms with Gasteiger partial charge in [0.25, 0.3) is 5.56 Å². The first-order valence-electron chi connectivity index (χ1n) is 7.21. The molecule has 0 aliphatic carbocycles. The predicted molar refractivity (Wildman–Crippen MR) is 89.5 cm³/mol. The Labute approximate surface area is 130 Å². The molecular formula is C17H14N4O2. The van der Waals surface area contributed by atoms with Gasteiger partial charge in [0.15, 0.2) is 0 Å². The molecule has 0 unspecified atom stereocenters. The van der Waals surface area contributed by atoms with E-state index < -0.39 is 0 Å². The number of hydrogen-bond acceptors (Lipinski definition) is 3. The van der Waals surface area contributed by atoms with Gasteiger partial charge in [0.2, 0.25) is 0 Å². The quantitative estimate of drug-likeness (QED) is 0.582. The molecule has 6 heteroatoms. The predicted octanol–water partition coefficient (Wildman–Crippen LogP) is 1.78. The Hall–Kier alpha value is -3.15. The number of aromatic amines is 1. The zero-order valence-corrected chi connectivity index (χ0v) is 12.7. The second-order valence-corrected chi connectivity index (χ2v) is 5.54. The number of aryl methyl sites for hydroxylation is 2. The van der Waals surface area contributed by atoms with Crippen molar-refractivity contribution in [2.75, 3.05) is 0 Å². The Morgan fingerprint density at radius 3 is 2.52 bits per heavy atom.